The minimum Gasteiger partial charge on any atom is -0.379 e. The summed E-state index contributed by atoms with van der Waals surface area (Å²) in [5, 5.41) is 2.08. The smallest absolute Gasteiger partial charge is 0.379 e. The van der Waals surface area contributed by atoms with Crippen molar-refractivity contribution in [2.24, 2.45) is 0 Å². The number of carbonyl (C=O) groups is 1. The van der Waals surface area contributed by atoms with Crippen LogP contribution in [0.5, 0.6) is 0 Å². The lowest BCUT2D eigenvalue weighted by Crippen LogP contribution is -2.40. The van der Waals surface area contributed by atoms with Crippen LogP contribution in [0.2, 0.25) is 5.02 Å². The fourth-order valence-corrected chi connectivity index (χ4v) is 4.60. The molecule has 1 fully saturated rings. The Hall–Kier alpha value is -2.14. The molecular formula is C19H18ClF3N2O4S. The Bertz CT molecular complexity index is 1070. The van der Waals surface area contributed by atoms with Gasteiger partial charge in [-0.1, -0.05) is 17.7 Å². The van der Waals surface area contributed by atoms with E-state index in [-0.39, 0.29) is 41.8 Å². The Labute approximate surface area is 176 Å². The fraction of sp³-hybridized carbons (Fsp3) is 0.316. The summed E-state index contributed by atoms with van der Waals surface area (Å²) in [5.41, 5.74) is -1.21. The number of benzene rings is 2. The summed E-state index contributed by atoms with van der Waals surface area (Å²) in [6.45, 7) is 2.44. The molecule has 0 saturated carbocycles. The van der Waals surface area contributed by atoms with E-state index >= 15 is 0 Å². The Kier molecular flexibility index (Phi) is 6.42. The lowest BCUT2D eigenvalue weighted by Gasteiger charge is -2.26. The Morgan fingerprint density at radius 3 is 2.43 bits per heavy atom. The van der Waals surface area contributed by atoms with Crippen LogP contribution >= 0.6 is 11.6 Å². The Morgan fingerprint density at radius 2 is 1.80 bits per heavy atom. The number of morpholine rings is 1. The number of rotatable bonds is 4. The van der Waals surface area contributed by atoms with Crippen molar-refractivity contribution >= 4 is 33.2 Å². The quantitative estimate of drug-likeness (QED) is 0.746. The molecule has 1 heterocycles. The highest BCUT2D eigenvalue weighted by Crippen LogP contribution is 2.36. The van der Waals surface area contributed by atoms with E-state index in [2.05, 4.69) is 5.32 Å². The molecule has 0 atom stereocenters. The second-order valence-corrected chi connectivity index (χ2v) is 9.01. The average molecular weight is 463 g/mol. The SMILES string of the molecule is Cc1ccc(S(=O)(=O)N2CCOCC2)cc1C(=O)Nc1ccc(Cl)cc1C(F)(F)F. The largest absolute Gasteiger partial charge is 0.418 e. The van der Waals surface area contributed by atoms with Gasteiger partial charge in [0.1, 0.15) is 0 Å². The van der Waals surface area contributed by atoms with Crippen LogP contribution in [0.25, 0.3) is 0 Å². The van der Waals surface area contributed by atoms with E-state index in [0.717, 1.165) is 6.07 Å². The van der Waals surface area contributed by atoms with Gasteiger partial charge >= 0.3 is 6.18 Å². The number of nitrogens with zero attached hydrogens (tertiary/aromatic N) is 1. The first-order valence-corrected chi connectivity index (χ1v) is 10.7. The van der Waals surface area contributed by atoms with E-state index < -0.39 is 33.4 Å². The molecule has 11 heteroatoms. The van der Waals surface area contributed by atoms with Gasteiger partial charge in [0.05, 0.1) is 29.4 Å². The molecule has 0 radical (unpaired) electrons. The van der Waals surface area contributed by atoms with Crippen LogP contribution in [0, 0.1) is 6.92 Å². The zero-order valence-corrected chi connectivity index (χ0v) is 17.4. The molecule has 30 heavy (non-hydrogen) atoms. The third-order valence-corrected chi connectivity index (χ3v) is 6.73. The summed E-state index contributed by atoms with van der Waals surface area (Å²) in [5.74, 6) is -0.862. The number of nitrogens with one attached hydrogen (secondary N) is 1. The van der Waals surface area contributed by atoms with Crippen LogP contribution in [0.15, 0.2) is 41.3 Å². The van der Waals surface area contributed by atoms with Crippen molar-refractivity contribution in [3.63, 3.8) is 0 Å². The van der Waals surface area contributed by atoms with Crippen molar-refractivity contribution < 1.29 is 31.1 Å². The number of hydrogen-bond acceptors (Lipinski definition) is 4. The monoisotopic (exact) mass is 462 g/mol. The van der Waals surface area contributed by atoms with Crippen molar-refractivity contribution in [1.82, 2.24) is 4.31 Å². The molecular weight excluding hydrogens is 445 g/mol. The Balaban J connectivity index is 1.94. The molecule has 1 aliphatic rings. The molecule has 2 aromatic rings. The van der Waals surface area contributed by atoms with Gasteiger partial charge in [0, 0.05) is 23.7 Å². The van der Waals surface area contributed by atoms with Gasteiger partial charge in [-0.15, -0.1) is 0 Å². The standard InChI is InChI=1S/C19H18ClF3N2O4S/c1-12-2-4-14(30(27,28)25-6-8-29-9-7-25)11-15(12)18(26)24-17-5-3-13(20)10-16(17)19(21,22)23/h2-5,10-11H,6-9H2,1H3,(H,24,26). The summed E-state index contributed by atoms with van der Waals surface area (Å²) in [6, 6.07) is 6.95. The first kappa shape index (κ1) is 22.5. The van der Waals surface area contributed by atoms with E-state index in [0.29, 0.717) is 11.6 Å². The molecule has 1 aliphatic heterocycles. The minimum atomic E-state index is -4.73. The van der Waals surface area contributed by atoms with Crippen LogP contribution in [0.4, 0.5) is 18.9 Å². The molecule has 2 aromatic carbocycles. The third-order valence-electron chi connectivity index (χ3n) is 4.60. The van der Waals surface area contributed by atoms with Crippen molar-refractivity contribution in [3.8, 4) is 0 Å². The molecule has 0 bridgehead atoms. The predicted molar refractivity (Wildman–Crippen MR) is 105 cm³/mol. The third kappa shape index (κ3) is 4.77. The van der Waals surface area contributed by atoms with E-state index in [1.165, 1.54) is 28.6 Å². The normalized spacial score (nSPS) is 15.8. The average Bonchev–Trinajstić information content (AvgIpc) is 2.69. The van der Waals surface area contributed by atoms with Gasteiger partial charge in [-0.25, -0.2) is 8.42 Å². The van der Waals surface area contributed by atoms with Crippen molar-refractivity contribution in [2.45, 2.75) is 18.0 Å². The van der Waals surface area contributed by atoms with Crippen LogP contribution in [-0.4, -0.2) is 44.9 Å². The summed E-state index contributed by atoms with van der Waals surface area (Å²) in [7, 11) is -3.87. The number of anilines is 1. The molecule has 0 spiro atoms. The number of alkyl halides is 3. The Morgan fingerprint density at radius 1 is 1.13 bits per heavy atom. The van der Waals surface area contributed by atoms with Crippen molar-refractivity contribution in [1.29, 1.82) is 0 Å². The number of aryl methyl sites for hydroxylation is 1. The predicted octanol–water partition coefficient (Wildman–Crippen LogP) is 3.94. The zero-order chi connectivity index (χ0) is 22.1. The van der Waals surface area contributed by atoms with Gasteiger partial charge in [0.2, 0.25) is 10.0 Å². The van der Waals surface area contributed by atoms with Crippen molar-refractivity contribution in [2.75, 3.05) is 31.6 Å². The number of carbonyl (C=O) groups excluding carboxylic acids is 1. The van der Waals surface area contributed by atoms with Gasteiger partial charge in [0.15, 0.2) is 0 Å². The first-order chi connectivity index (χ1) is 14.0. The van der Waals surface area contributed by atoms with Gasteiger partial charge in [0.25, 0.3) is 5.91 Å². The van der Waals surface area contributed by atoms with E-state index in [1.54, 1.807) is 6.92 Å². The highest BCUT2D eigenvalue weighted by Gasteiger charge is 2.34. The first-order valence-electron chi connectivity index (χ1n) is 8.87. The van der Waals surface area contributed by atoms with E-state index in [4.69, 9.17) is 16.3 Å². The number of amides is 1. The summed E-state index contributed by atoms with van der Waals surface area (Å²) in [6.07, 6.45) is -4.73. The highest BCUT2D eigenvalue weighted by molar-refractivity contribution is 7.89. The zero-order valence-electron chi connectivity index (χ0n) is 15.8. The number of hydrogen-bond donors (Lipinski definition) is 1. The number of halogens is 4. The molecule has 1 N–H and O–H groups in total. The van der Waals surface area contributed by atoms with E-state index in [1.807, 2.05) is 0 Å². The minimum absolute atomic E-state index is 0.0487. The van der Waals surface area contributed by atoms with Crippen LogP contribution in [-0.2, 0) is 20.9 Å². The van der Waals surface area contributed by atoms with Crippen molar-refractivity contribution in [3.05, 3.63) is 58.1 Å². The molecule has 0 aliphatic carbocycles. The molecule has 0 unspecified atom stereocenters. The maximum Gasteiger partial charge on any atom is 0.418 e. The van der Waals surface area contributed by atoms with Crippen LogP contribution < -0.4 is 5.32 Å². The van der Waals surface area contributed by atoms with Crippen LogP contribution in [0.3, 0.4) is 0 Å². The van der Waals surface area contributed by atoms with Gasteiger partial charge in [-0.05, 0) is 42.8 Å². The lowest BCUT2D eigenvalue weighted by atomic mass is 10.1. The molecule has 1 saturated heterocycles. The van der Waals surface area contributed by atoms with Gasteiger partial charge in [-0.2, -0.15) is 17.5 Å². The molecule has 0 aromatic heterocycles. The molecule has 1 amide bonds. The molecule has 162 valence electrons. The van der Waals surface area contributed by atoms with Gasteiger partial charge < -0.3 is 10.1 Å². The highest BCUT2D eigenvalue weighted by atomic mass is 35.5. The van der Waals surface area contributed by atoms with Crippen LogP contribution in [0.1, 0.15) is 21.5 Å². The summed E-state index contributed by atoms with van der Waals surface area (Å²) >= 11 is 5.65. The maximum absolute atomic E-state index is 13.3. The number of sulfonamides is 1. The summed E-state index contributed by atoms with van der Waals surface area (Å²) < 4.78 is 71.9. The topological polar surface area (TPSA) is 75.7 Å². The lowest BCUT2D eigenvalue weighted by molar-refractivity contribution is -0.136. The van der Waals surface area contributed by atoms with E-state index in [9.17, 15) is 26.4 Å². The number of ether oxygens (including phenoxy) is 1. The van der Waals surface area contributed by atoms with Gasteiger partial charge in [-0.3, -0.25) is 4.79 Å². The molecule has 3 rings (SSSR count). The summed E-state index contributed by atoms with van der Waals surface area (Å²) in [4.78, 5) is 12.6. The molecule has 6 nitrogen and oxygen atoms in total. The second kappa shape index (κ2) is 8.54. The maximum atomic E-state index is 13.3. The fourth-order valence-electron chi connectivity index (χ4n) is 2.99. The second-order valence-electron chi connectivity index (χ2n) is 6.63.